The van der Waals surface area contributed by atoms with Crippen LogP contribution in [0.4, 0.5) is 0 Å². The average Bonchev–Trinajstić information content (AvgIpc) is 3.39. The first-order chi connectivity index (χ1) is 25.4. The van der Waals surface area contributed by atoms with Crippen molar-refractivity contribution in [2.45, 2.75) is 63.4 Å². The number of methoxy groups -OCH3 is 1. The molecule has 6 atom stereocenters. The number of esters is 2. The van der Waals surface area contributed by atoms with Crippen molar-refractivity contribution >= 4 is 35.5 Å². The van der Waals surface area contributed by atoms with Gasteiger partial charge in [0, 0.05) is 29.9 Å². The number of nitrogens with one attached hydrogen (secondary N) is 1. The van der Waals surface area contributed by atoms with Crippen molar-refractivity contribution in [1.82, 2.24) is 5.32 Å². The number of carbonyl (C=O) groups excluding carboxylic acids is 3. The molecule has 53 heavy (non-hydrogen) atoms. The maximum absolute atomic E-state index is 12.7. The largest absolute Gasteiger partial charge is 0.493 e. The summed E-state index contributed by atoms with van der Waals surface area (Å²) in [6.07, 6.45) is 9.18. The fourth-order valence-corrected chi connectivity index (χ4v) is 5.60. The van der Waals surface area contributed by atoms with E-state index in [1.54, 1.807) is 42.5 Å². The van der Waals surface area contributed by atoms with Crippen molar-refractivity contribution in [3.05, 3.63) is 93.5 Å². The number of allylic oxidation sites excluding steroid dienone is 2. The Kier molecular flexibility index (Phi) is 17.8. The first-order valence-electron chi connectivity index (χ1n) is 16.9. The van der Waals surface area contributed by atoms with E-state index in [0.29, 0.717) is 35.6 Å². The molecule has 1 saturated carbocycles. The van der Waals surface area contributed by atoms with Crippen LogP contribution in [0.25, 0.3) is 6.08 Å². The van der Waals surface area contributed by atoms with Crippen LogP contribution in [0.2, 0.25) is 5.02 Å². The van der Waals surface area contributed by atoms with Gasteiger partial charge in [-0.05, 0) is 74.1 Å². The molecule has 1 aliphatic carbocycles. The number of hydrogen-bond acceptors (Lipinski definition) is 13. The van der Waals surface area contributed by atoms with E-state index in [1.165, 1.54) is 32.2 Å². The number of halogens is 1. The van der Waals surface area contributed by atoms with Crippen molar-refractivity contribution in [2.24, 2.45) is 11.8 Å². The Morgan fingerprint density at radius 3 is 2.62 bits per heavy atom. The highest BCUT2D eigenvalue weighted by molar-refractivity contribution is 6.30. The van der Waals surface area contributed by atoms with Crippen molar-refractivity contribution in [1.29, 1.82) is 0 Å². The molecule has 4 N–H and O–H groups in total. The van der Waals surface area contributed by atoms with Gasteiger partial charge < -0.3 is 44.4 Å². The number of unbranched alkanes of at least 4 members (excludes halogenated alkanes) is 1. The minimum Gasteiger partial charge on any atom is -0.493 e. The Hall–Kier alpha value is -4.96. The van der Waals surface area contributed by atoms with Crippen LogP contribution in [0, 0.1) is 22.0 Å². The van der Waals surface area contributed by atoms with Crippen molar-refractivity contribution in [3.63, 3.8) is 0 Å². The molecule has 288 valence electrons. The lowest BCUT2D eigenvalue weighted by molar-refractivity contribution is -0.757. The van der Waals surface area contributed by atoms with E-state index in [0.717, 1.165) is 6.08 Å². The second-order valence-corrected chi connectivity index (χ2v) is 12.5. The number of rotatable bonds is 21. The molecular formula is C37H45ClN2O13. The van der Waals surface area contributed by atoms with Gasteiger partial charge in [0.05, 0.1) is 19.3 Å². The summed E-state index contributed by atoms with van der Waals surface area (Å²) in [7, 11) is 1.37. The van der Waals surface area contributed by atoms with Crippen LogP contribution in [0.3, 0.4) is 0 Å². The first kappa shape index (κ1) is 42.5. The molecule has 16 heteroatoms. The summed E-state index contributed by atoms with van der Waals surface area (Å²) < 4.78 is 21.1. The van der Waals surface area contributed by atoms with Gasteiger partial charge in [0.2, 0.25) is 5.91 Å². The summed E-state index contributed by atoms with van der Waals surface area (Å²) in [5, 5.41) is 43.7. The van der Waals surface area contributed by atoms with Crippen LogP contribution in [0.15, 0.2) is 72.8 Å². The third-order valence-electron chi connectivity index (χ3n) is 8.10. The van der Waals surface area contributed by atoms with E-state index in [1.807, 2.05) is 12.2 Å². The fourth-order valence-electron chi connectivity index (χ4n) is 5.42. The second-order valence-electron chi connectivity index (χ2n) is 12.1. The van der Waals surface area contributed by atoms with Crippen molar-refractivity contribution in [3.8, 4) is 17.2 Å². The molecule has 3 rings (SSSR count). The summed E-state index contributed by atoms with van der Waals surface area (Å²) in [4.78, 5) is 51.1. The van der Waals surface area contributed by atoms with E-state index >= 15 is 0 Å². The Bertz CT molecular complexity index is 1610. The molecule has 0 aromatic heterocycles. The van der Waals surface area contributed by atoms with Crippen LogP contribution >= 0.6 is 11.6 Å². The van der Waals surface area contributed by atoms with Gasteiger partial charge in [0.15, 0.2) is 11.5 Å². The molecule has 0 heterocycles. The summed E-state index contributed by atoms with van der Waals surface area (Å²) in [5.74, 6) is -1.60. The number of hydrogen-bond donors (Lipinski definition) is 4. The molecule has 0 aliphatic heterocycles. The van der Waals surface area contributed by atoms with Gasteiger partial charge in [-0.25, -0.2) is 9.59 Å². The molecule has 0 bridgehead atoms. The second kappa shape index (κ2) is 22.2. The number of benzene rings is 2. The number of carbonyl (C=O) groups is 3. The van der Waals surface area contributed by atoms with E-state index < -0.39 is 48.0 Å². The van der Waals surface area contributed by atoms with Gasteiger partial charge in [0.1, 0.15) is 37.7 Å². The molecule has 2 aromatic carbocycles. The van der Waals surface area contributed by atoms with Crippen LogP contribution in [0.5, 0.6) is 17.2 Å². The Morgan fingerprint density at radius 1 is 1.09 bits per heavy atom. The number of ether oxygens (including phenoxy) is 4. The topological polar surface area (TPSA) is 213 Å². The van der Waals surface area contributed by atoms with Crippen LogP contribution < -0.4 is 19.5 Å². The highest BCUT2D eigenvalue weighted by Crippen LogP contribution is 2.36. The molecule has 1 unspecified atom stereocenters. The lowest BCUT2D eigenvalue weighted by atomic mass is 9.89. The SMILES string of the molecule is COc1cc(C=CC(=O)OCCO[N+](=O)[O-])ccc1OC(=O)C(C)NC(=O)CCCC=CC[C@@H]1[C@@H](C=C[C@@H](O)COc2cccc(Cl)c2)[C@H](O)C[C@@H]1O. The molecule has 0 saturated heterocycles. The normalized spacial score (nSPS) is 19.6. The molecule has 1 aliphatic rings. The van der Waals surface area contributed by atoms with Crippen molar-refractivity contribution in [2.75, 3.05) is 26.9 Å². The Morgan fingerprint density at radius 2 is 1.89 bits per heavy atom. The number of nitrogens with zero attached hydrogens (tertiary/aromatic N) is 1. The average molecular weight is 761 g/mol. The van der Waals surface area contributed by atoms with Gasteiger partial charge in [-0.2, -0.15) is 0 Å². The predicted molar refractivity (Wildman–Crippen MR) is 192 cm³/mol. The minimum absolute atomic E-state index is 0.000976. The molecular weight excluding hydrogens is 716 g/mol. The summed E-state index contributed by atoms with van der Waals surface area (Å²) in [6, 6.07) is 10.4. The zero-order valence-corrected chi connectivity index (χ0v) is 30.1. The maximum atomic E-state index is 12.7. The number of aliphatic hydroxyl groups excluding tert-OH is 3. The van der Waals surface area contributed by atoms with Gasteiger partial charge in [-0.3, -0.25) is 4.79 Å². The first-order valence-corrected chi connectivity index (χ1v) is 17.3. The van der Waals surface area contributed by atoms with E-state index in [-0.39, 0.29) is 55.3 Å². The Labute approximate surface area is 311 Å². The van der Waals surface area contributed by atoms with Crippen LogP contribution in [0.1, 0.15) is 44.6 Å². The molecule has 0 spiro atoms. The monoisotopic (exact) mass is 760 g/mol. The van der Waals surface area contributed by atoms with Crippen LogP contribution in [-0.4, -0.2) is 89.5 Å². The summed E-state index contributed by atoms with van der Waals surface area (Å²) >= 11 is 5.96. The van der Waals surface area contributed by atoms with Gasteiger partial charge in [0.25, 0.3) is 5.09 Å². The summed E-state index contributed by atoms with van der Waals surface area (Å²) in [6.45, 7) is 0.796. The molecule has 1 amide bonds. The van der Waals surface area contributed by atoms with Gasteiger partial charge >= 0.3 is 11.9 Å². The smallest absolute Gasteiger partial charge is 0.333 e. The number of amides is 1. The quantitative estimate of drug-likeness (QED) is 0.0270. The zero-order chi connectivity index (χ0) is 38.8. The Balaban J connectivity index is 1.38. The molecule has 15 nitrogen and oxygen atoms in total. The highest BCUT2D eigenvalue weighted by Gasteiger charge is 2.39. The fraction of sp³-hybridized carbons (Fsp3) is 0.432. The van der Waals surface area contributed by atoms with E-state index in [9.17, 15) is 39.8 Å². The predicted octanol–water partition coefficient (Wildman–Crippen LogP) is 3.99. The molecule has 2 aromatic rings. The van der Waals surface area contributed by atoms with Gasteiger partial charge in [-0.1, -0.05) is 48.0 Å². The maximum Gasteiger partial charge on any atom is 0.333 e. The van der Waals surface area contributed by atoms with E-state index in [4.69, 9.17) is 30.5 Å². The third kappa shape index (κ3) is 15.3. The standard InChI is InChI=1S/C37H45ClN2O13/c1-24(37(46)53-33-16-12-25(20-34(33)49-2)13-17-36(45)50-18-19-52-40(47)48)39-35(44)11-6-4-3-5-10-29-30(32(43)22-31(29)42)15-14-27(41)23-51-28-9-7-8-26(38)21-28/h3,5,7-9,12-17,20-21,24,27,29-32,41-43H,4,6,10-11,18-19,22-23H2,1-2H3,(H,39,44)/t24?,27-,29-,30-,31+,32-/m1/s1. The summed E-state index contributed by atoms with van der Waals surface area (Å²) in [5.41, 5.74) is 0.511. The molecule has 1 fully saturated rings. The van der Waals surface area contributed by atoms with Gasteiger partial charge in [-0.15, -0.1) is 10.1 Å². The highest BCUT2D eigenvalue weighted by atomic mass is 35.5. The number of aliphatic hydroxyl groups is 3. The lowest BCUT2D eigenvalue weighted by Gasteiger charge is -2.19. The zero-order valence-electron chi connectivity index (χ0n) is 29.4. The van der Waals surface area contributed by atoms with E-state index in [2.05, 4.69) is 10.2 Å². The molecule has 0 radical (unpaired) electrons. The van der Waals surface area contributed by atoms with Crippen molar-refractivity contribution < 1.29 is 58.6 Å². The third-order valence-corrected chi connectivity index (χ3v) is 8.34. The minimum atomic E-state index is -0.992. The van der Waals surface area contributed by atoms with Crippen LogP contribution in [-0.2, 0) is 24.0 Å². The lowest BCUT2D eigenvalue weighted by Crippen LogP contribution is -2.40.